The fourth-order valence-electron chi connectivity index (χ4n) is 2.64. The molecular formula is C20H23NO4. The number of hydrogen-bond acceptors (Lipinski definition) is 3. The van der Waals surface area contributed by atoms with E-state index in [0.29, 0.717) is 12.2 Å². The molecule has 5 heteroatoms. The largest absolute Gasteiger partial charge is 0.497 e. The fraction of sp³-hybridized carbons (Fsp3) is 0.300. The molecule has 1 atom stereocenters. The van der Waals surface area contributed by atoms with E-state index in [2.05, 4.69) is 5.32 Å². The first kappa shape index (κ1) is 18.5. The van der Waals surface area contributed by atoms with Crippen LogP contribution in [0.1, 0.15) is 16.7 Å². The molecule has 0 saturated carbocycles. The molecule has 0 aromatic heterocycles. The third-order valence-electron chi connectivity index (χ3n) is 3.96. The van der Waals surface area contributed by atoms with Crippen molar-refractivity contribution in [3.63, 3.8) is 0 Å². The zero-order valence-corrected chi connectivity index (χ0v) is 14.5. The van der Waals surface area contributed by atoms with E-state index in [4.69, 9.17) is 4.74 Å². The molecule has 2 rings (SSSR count). The van der Waals surface area contributed by atoms with Gasteiger partial charge < -0.3 is 15.2 Å². The number of carboxylic acids is 1. The quantitative estimate of drug-likeness (QED) is 0.774. The molecule has 2 N–H and O–H groups in total. The van der Waals surface area contributed by atoms with E-state index < -0.39 is 11.9 Å². The first-order valence-corrected chi connectivity index (χ1v) is 8.16. The van der Waals surface area contributed by atoms with Crippen LogP contribution in [0.15, 0.2) is 48.5 Å². The molecule has 0 spiro atoms. The normalized spacial score (nSPS) is 11.6. The van der Waals surface area contributed by atoms with Crippen LogP contribution in [-0.4, -0.2) is 30.6 Å². The highest BCUT2D eigenvalue weighted by Gasteiger charge is 2.19. The molecular weight excluding hydrogens is 318 g/mol. The van der Waals surface area contributed by atoms with Crippen molar-refractivity contribution < 1.29 is 19.4 Å². The smallest absolute Gasteiger partial charge is 0.308 e. The van der Waals surface area contributed by atoms with Crippen LogP contribution in [0.3, 0.4) is 0 Å². The van der Waals surface area contributed by atoms with Gasteiger partial charge in [-0.3, -0.25) is 9.59 Å². The molecule has 0 radical (unpaired) electrons. The Morgan fingerprint density at radius 3 is 2.52 bits per heavy atom. The first-order chi connectivity index (χ1) is 12.0. The molecule has 1 unspecified atom stereocenters. The summed E-state index contributed by atoms with van der Waals surface area (Å²) in [7, 11) is 1.57. The lowest BCUT2D eigenvalue weighted by atomic mass is 9.98. The van der Waals surface area contributed by atoms with Crippen molar-refractivity contribution in [2.24, 2.45) is 5.92 Å². The first-order valence-electron chi connectivity index (χ1n) is 8.16. The minimum atomic E-state index is -0.914. The number of aliphatic carboxylic acids is 1. The third-order valence-corrected chi connectivity index (χ3v) is 3.96. The Morgan fingerprint density at radius 1 is 1.12 bits per heavy atom. The van der Waals surface area contributed by atoms with E-state index in [1.54, 1.807) is 13.2 Å². The van der Waals surface area contributed by atoms with E-state index >= 15 is 0 Å². The number of carbonyl (C=O) groups is 2. The van der Waals surface area contributed by atoms with Crippen LogP contribution in [0, 0.1) is 12.8 Å². The molecule has 0 bridgehead atoms. The average molecular weight is 341 g/mol. The summed E-state index contributed by atoms with van der Waals surface area (Å²) in [4.78, 5) is 23.6. The summed E-state index contributed by atoms with van der Waals surface area (Å²) in [5.74, 6) is -1.09. The second-order valence-electron chi connectivity index (χ2n) is 6.06. The Morgan fingerprint density at radius 2 is 1.84 bits per heavy atom. The van der Waals surface area contributed by atoms with Crippen molar-refractivity contribution in [2.45, 2.75) is 19.8 Å². The molecule has 0 saturated heterocycles. The second-order valence-corrected chi connectivity index (χ2v) is 6.06. The van der Waals surface area contributed by atoms with Crippen LogP contribution in [0.25, 0.3) is 0 Å². The number of rotatable bonds is 8. The maximum Gasteiger partial charge on any atom is 0.308 e. The van der Waals surface area contributed by atoms with Gasteiger partial charge in [-0.1, -0.05) is 42.0 Å². The van der Waals surface area contributed by atoms with Crippen LogP contribution >= 0.6 is 0 Å². The molecule has 132 valence electrons. The maximum absolute atomic E-state index is 12.1. The van der Waals surface area contributed by atoms with E-state index in [9.17, 15) is 14.7 Å². The summed E-state index contributed by atoms with van der Waals surface area (Å²) in [6.45, 7) is 2.07. The van der Waals surface area contributed by atoms with E-state index in [1.807, 2.05) is 49.4 Å². The number of amides is 1. The molecule has 0 fully saturated rings. The minimum Gasteiger partial charge on any atom is -0.497 e. The molecule has 2 aromatic carbocycles. The maximum atomic E-state index is 12.1. The monoisotopic (exact) mass is 341 g/mol. The molecule has 5 nitrogen and oxygen atoms in total. The number of aryl methyl sites for hydroxylation is 1. The molecule has 2 aromatic rings. The van der Waals surface area contributed by atoms with Crippen molar-refractivity contribution >= 4 is 11.9 Å². The van der Waals surface area contributed by atoms with Gasteiger partial charge in [-0.05, 0) is 36.6 Å². The number of carboxylic acid groups (broad SMARTS) is 1. The van der Waals surface area contributed by atoms with Gasteiger partial charge >= 0.3 is 5.97 Å². The Kier molecular flexibility index (Phi) is 6.57. The van der Waals surface area contributed by atoms with Crippen LogP contribution in [0.5, 0.6) is 5.75 Å². The van der Waals surface area contributed by atoms with Gasteiger partial charge in [0, 0.05) is 6.54 Å². The molecule has 1 amide bonds. The van der Waals surface area contributed by atoms with E-state index in [-0.39, 0.29) is 18.9 Å². The Hall–Kier alpha value is -2.82. The van der Waals surface area contributed by atoms with Crippen molar-refractivity contribution in [1.29, 1.82) is 0 Å². The van der Waals surface area contributed by atoms with Crippen LogP contribution < -0.4 is 10.1 Å². The van der Waals surface area contributed by atoms with Gasteiger partial charge in [-0.2, -0.15) is 0 Å². The number of hydrogen-bond donors (Lipinski definition) is 2. The van der Waals surface area contributed by atoms with Crippen LogP contribution in [-0.2, 0) is 22.4 Å². The lowest BCUT2D eigenvalue weighted by Crippen LogP contribution is -2.34. The highest BCUT2D eigenvalue weighted by molar-refractivity contribution is 5.79. The zero-order valence-electron chi connectivity index (χ0n) is 14.5. The number of nitrogens with one attached hydrogen (secondary N) is 1. The van der Waals surface area contributed by atoms with Crippen molar-refractivity contribution in [3.8, 4) is 5.75 Å². The third kappa shape index (κ3) is 5.95. The number of carbonyl (C=O) groups excluding carboxylic acids is 1. The second kappa shape index (κ2) is 8.87. The minimum absolute atomic E-state index is 0.103. The summed E-state index contributed by atoms with van der Waals surface area (Å²) in [5, 5.41) is 12.1. The topological polar surface area (TPSA) is 75.6 Å². The summed E-state index contributed by atoms with van der Waals surface area (Å²) in [6.07, 6.45) is 0.574. The van der Waals surface area contributed by atoms with Crippen molar-refractivity contribution in [2.75, 3.05) is 13.7 Å². The number of methoxy groups -OCH3 is 1. The average Bonchev–Trinajstić information content (AvgIpc) is 2.58. The lowest BCUT2D eigenvalue weighted by Gasteiger charge is -2.14. The Labute approximate surface area is 147 Å². The van der Waals surface area contributed by atoms with Gasteiger partial charge in [-0.15, -0.1) is 0 Å². The predicted molar refractivity (Wildman–Crippen MR) is 95.7 cm³/mol. The number of ether oxygens (including phenoxy) is 1. The van der Waals surface area contributed by atoms with Gasteiger partial charge in [0.15, 0.2) is 0 Å². The summed E-state index contributed by atoms with van der Waals surface area (Å²) < 4.78 is 5.13. The molecule has 0 aliphatic carbocycles. The lowest BCUT2D eigenvalue weighted by molar-refractivity contribution is -0.141. The van der Waals surface area contributed by atoms with E-state index in [0.717, 1.165) is 16.7 Å². The van der Waals surface area contributed by atoms with Crippen LogP contribution in [0.4, 0.5) is 0 Å². The summed E-state index contributed by atoms with van der Waals surface area (Å²) in [5.41, 5.74) is 2.86. The predicted octanol–water partition coefficient (Wildman–Crippen LogP) is 2.61. The molecule has 25 heavy (non-hydrogen) atoms. The summed E-state index contributed by atoms with van der Waals surface area (Å²) >= 11 is 0. The molecule has 0 heterocycles. The Bertz CT molecular complexity index is 742. The Balaban J connectivity index is 1.91. The molecule has 0 aliphatic heterocycles. The van der Waals surface area contributed by atoms with Gasteiger partial charge in [0.2, 0.25) is 5.91 Å². The van der Waals surface area contributed by atoms with Gasteiger partial charge in [0.25, 0.3) is 0 Å². The number of benzene rings is 2. The highest BCUT2D eigenvalue weighted by atomic mass is 16.5. The van der Waals surface area contributed by atoms with Gasteiger partial charge in [0.1, 0.15) is 5.75 Å². The highest BCUT2D eigenvalue weighted by Crippen LogP contribution is 2.13. The van der Waals surface area contributed by atoms with Gasteiger partial charge in [0.05, 0.1) is 19.4 Å². The van der Waals surface area contributed by atoms with Crippen molar-refractivity contribution in [1.82, 2.24) is 5.32 Å². The fourth-order valence-corrected chi connectivity index (χ4v) is 2.64. The van der Waals surface area contributed by atoms with E-state index in [1.165, 1.54) is 0 Å². The zero-order chi connectivity index (χ0) is 18.2. The van der Waals surface area contributed by atoms with Crippen LogP contribution in [0.2, 0.25) is 0 Å². The van der Waals surface area contributed by atoms with Crippen molar-refractivity contribution in [3.05, 3.63) is 65.2 Å². The molecule has 0 aliphatic rings. The summed E-state index contributed by atoms with van der Waals surface area (Å²) in [6, 6.07) is 15.0. The SMILES string of the molecule is COc1cccc(CC(=O)NCC(Cc2cccc(C)c2)C(=O)O)c1. The van der Waals surface area contributed by atoms with Gasteiger partial charge in [-0.25, -0.2) is 0 Å². The standard InChI is InChI=1S/C20H23NO4/c1-14-5-3-6-15(9-14)10-17(20(23)24)13-21-19(22)12-16-7-4-8-18(11-16)25-2/h3-9,11,17H,10,12-13H2,1-2H3,(H,21,22)(H,23,24).